The van der Waals surface area contributed by atoms with Crippen LogP contribution in [0.5, 0.6) is 0 Å². The lowest BCUT2D eigenvalue weighted by Gasteiger charge is -2.35. The van der Waals surface area contributed by atoms with E-state index < -0.39 is 23.2 Å². The van der Waals surface area contributed by atoms with Crippen molar-refractivity contribution in [2.24, 2.45) is 5.41 Å². The first-order valence-corrected chi connectivity index (χ1v) is 7.86. The van der Waals surface area contributed by atoms with Crippen molar-refractivity contribution >= 4 is 12.0 Å². The van der Waals surface area contributed by atoms with Crippen LogP contribution in [0.4, 0.5) is 4.79 Å². The van der Waals surface area contributed by atoms with Gasteiger partial charge in [0.05, 0.1) is 12.6 Å². The molecular weight excluding hydrogens is 284 g/mol. The van der Waals surface area contributed by atoms with E-state index in [1.54, 1.807) is 25.7 Å². The molecule has 0 aromatic carbocycles. The molecule has 6 nitrogen and oxygen atoms in total. The lowest BCUT2D eigenvalue weighted by atomic mass is 9.85. The van der Waals surface area contributed by atoms with Crippen LogP contribution in [0.15, 0.2) is 0 Å². The van der Waals surface area contributed by atoms with Gasteiger partial charge in [-0.25, -0.2) is 4.79 Å². The fourth-order valence-corrected chi connectivity index (χ4v) is 2.56. The van der Waals surface area contributed by atoms with Crippen molar-refractivity contribution in [3.8, 4) is 0 Å². The zero-order valence-electron chi connectivity index (χ0n) is 14.6. The zero-order valence-corrected chi connectivity index (χ0v) is 14.6. The molecule has 1 saturated heterocycles. The molecular formula is C16H30N2O4. The highest BCUT2D eigenvalue weighted by Crippen LogP contribution is 2.25. The number of aliphatic hydroxyl groups excluding tert-OH is 1. The molecule has 1 aliphatic heterocycles. The minimum atomic E-state index is -0.686. The van der Waals surface area contributed by atoms with Crippen LogP contribution in [0, 0.1) is 5.41 Å². The number of amides is 2. The number of alkyl carbamates (subject to hydrolysis) is 1. The van der Waals surface area contributed by atoms with Gasteiger partial charge < -0.3 is 20.1 Å². The average Bonchev–Trinajstić information content (AvgIpc) is 2.79. The highest BCUT2D eigenvalue weighted by molar-refractivity contribution is 5.87. The Kier molecular flexibility index (Phi) is 5.84. The summed E-state index contributed by atoms with van der Waals surface area (Å²) < 4.78 is 5.26. The van der Waals surface area contributed by atoms with Crippen LogP contribution in [0.2, 0.25) is 0 Å². The molecule has 0 saturated carbocycles. The molecule has 0 spiro atoms. The monoisotopic (exact) mass is 314 g/mol. The molecule has 0 aromatic heterocycles. The number of rotatable bonds is 3. The van der Waals surface area contributed by atoms with Crippen molar-refractivity contribution in [1.82, 2.24) is 10.2 Å². The first-order valence-electron chi connectivity index (χ1n) is 7.86. The summed E-state index contributed by atoms with van der Waals surface area (Å²) in [6.07, 6.45) is 1.08. The molecule has 22 heavy (non-hydrogen) atoms. The number of hydrogen-bond acceptors (Lipinski definition) is 4. The predicted molar refractivity (Wildman–Crippen MR) is 84.4 cm³/mol. The fraction of sp³-hybridized carbons (Fsp3) is 0.875. The van der Waals surface area contributed by atoms with Gasteiger partial charge in [-0.2, -0.15) is 0 Å². The van der Waals surface area contributed by atoms with Gasteiger partial charge in [0.1, 0.15) is 11.6 Å². The summed E-state index contributed by atoms with van der Waals surface area (Å²) >= 11 is 0. The zero-order chi connectivity index (χ0) is 17.1. The highest BCUT2D eigenvalue weighted by atomic mass is 16.6. The molecule has 0 aromatic rings. The first-order chi connectivity index (χ1) is 9.95. The Hall–Kier alpha value is -1.30. The summed E-state index contributed by atoms with van der Waals surface area (Å²) in [5.74, 6) is -0.157. The van der Waals surface area contributed by atoms with Gasteiger partial charge in [-0.1, -0.05) is 20.8 Å². The lowest BCUT2D eigenvalue weighted by molar-refractivity contribution is -0.137. The van der Waals surface area contributed by atoms with Gasteiger partial charge in [-0.05, 0) is 39.0 Å². The number of carbonyl (C=O) groups excluding carboxylic acids is 2. The quantitative estimate of drug-likeness (QED) is 0.834. The number of nitrogens with zero attached hydrogens (tertiary/aromatic N) is 1. The van der Waals surface area contributed by atoms with Gasteiger partial charge in [0.25, 0.3) is 0 Å². The molecule has 0 radical (unpaired) electrons. The standard InChI is InChI=1S/C16H30N2O4/c1-15(2,3)12(17-14(21)22-16(4,5)6)13(20)18-9-7-8-11(18)10-19/h11-12,19H,7-10H2,1-6H3,(H,17,21). The van der Waals surface area contributed by atoms with Crippen LogP contribution in [0.3, 0.4) is 0 Å². The second-order valence-electron chi connectivity index (χ2n) is 7.96. The SMILES string of the molecule is CC(C)(C)OC(=O)NC(C(=O)N1CCCC1CO)C(C)(C)C. The number of aliphatic hydroxyl groups is 1. The smallest absolute Gasteiger partial charge is 0.408 e. The molecule has 2 N–H and O–H groups in total. The first kappa shape index (κ1) is 18.7. The van der Waals surface area contributed by atoms with Crippen LogP contribution in [-0.2, 0) is 9.53 Å². The van der Waals surface area contributed by atoms with Crippen molar-refractivity contribution in [1.29, 1.82) is 0 Å². The number of likely N-dealkylation sites (tertiary alicyclic amines) is 1. The summed E-state index contributed by atoms with van der Waals surface area (Å²) in [5.41, 5.74) is -1.06. The normalized spacial score (nSPS) is 20.7. The van der Waals surface area contributed by atoms with Crippen molar-refractivity contribution in [3.63, 3.8) is 0 Å². The predicted octanol–water partition coefficient (Wildman–Crippen LogP) is 1.91. The third kappa shape index (κ3) is 5.16. The summed E-state index contributed by atoms with van der Waals surface area (Å²) in [4.78, 5) is 26.5. The lowest BCUT2D eigenvalue weighted by Crippen LogP contribution is -2.56. The summed E-state index contributed by atoms with van der Waals surface area (Å²) in [7, 11) is 0. The summed E-state index contributed by atoms with van der Waals surface area (Å²) in [6.45, 7) is 11.6. The maximum Gasteiger partial charge on any atom is 0.408 e. The third-order valence-corrected chi connectivity index (χ3v) is 3.65. The van der Waals surface area contributed by atoms with Gasteiger partial charge >= 0.3 is 6.09 Å². The topological polar surface area (TPSA) is 78.9 Å². The Balaban J connectivity index is 2.85. The molecule has 0 bridgehead atoms. The molecule has 1 rings (SSSR count). The van der Waals surface area contributed by atoms with Gasteiger partial charge in [0, 0.05) is 6.54 Å². The van der Waals surface area contributed by atoms with Crippen LogP contribution in [-0.4, -0.2) is 52.8 Å². The fourth-order valence-electron chi connectivity index (χ4n) is 2.56. The van der Waals surface area contributed by atoms with Gasteiger partial charge in [0.2, 0.25) is 5.91 Å². The van der Waals surface area contributed by atoms with Crippen LogP contribution < -0.4 is 5.32 Å². The van der Waals surface area contributed by atoms with E-state index in [0.717, 1.165) is 12.8 Å². The Bertz CT molecular complexity index is 409. The maximum absolute atomic E-state index is 12.8. The Morgan fingerprint density at radius 2 is 1.86 bits per heavy atom. The molecule has 128 valence electrons. The van der Waals surface area contributed by atoms with Crippen LogP contribution in [0.1, 0.15) is 54.4 Å². The van der Waals surface area contributed by atoms with E-state index in [1.165, 1.54) is 0 Å². The van der Waals surface area contributed by atoms with E-state index in [9.17, 15) is 14.7 Å². The molecule has 1 fully saturated rings. The number of hydrogen-bond donors (Lipinski definition) is 2. The van der Waals surface area contributed by atoms with Crippen molar-refractivity contribution in [2.45, 2.75) is 72.1 Å². The van der Waals surface area contributed by atoms with E-state index in [0.29, 0.717) is 6.54 Å². The van der Waals surface area contributed by atoms with E-state index in [1.807, 2.05) is 20.8 Å². The third-order valence-electron chi connectivity index (χ3n) is 3.65. The Morgan fingerprint density at radius 3 is 2.32 bits per heavy atom. The molecule has 2 atom stereocenters. The van der Waals surface area contributed by atoms with Crippen molar-refractivity contribution in [3.05, 3.63) is 0 Å². The van der Waals surface area contributed by atoms with Crippen LogP contribution >= 0.6 is 0 Å². The molecule has 2 amide bonds. The van der Waals surface area contributed by atoms with Crippen LogP contribution in [0.25, 0.3) is 0 Å². The van der Waals surface area contributed by atoms with E-state index in [4.69, 9.17) is 4.74 Å². The highest BCUT2D eigenvalue weighted by Gasteiger charge is 2.40. The minimum Gasteiger partial charge on any atom is -0.444 e. The second kappa shape index (κ2) is 6.86. The summed E-state index contributed by atoms with van der Waals surface area (Å²) in [6, 6.07) is -0.840. The Labute approximate surface area is 133 Å². The summed E-state index contributed by atoms with van der Waals surface area (Å²) in [5, 5.41) is 12.1. The largest absolute Gasteiger partial charge is 0.444 e. The molecule has 0 aliphatic carbocycles. The molecule has 2 unspecified atom stereocenters. The number of carbonyl (C=O) groups is 2. The van der Waals surface area contributed by atoms with Crippen molar-refractivity contribution in [2.75, 3.05) is 13.2 Å². The van der Waals surface area contributed by atoms with E-state index in [-0.39, 0.29) is 18.6 Å². The van der Waals surface area contributed by atoms with E-state index >= 15 is 0 Å². The molecule has 1 heterocycles. The molecule has 6 heteroatoms. The number of ether oxygens (including phenoxy) is 1. The van der Waals surface area contributed by atoms with Crippen molar-refractivity contribution < 1.29 is 19.4 Å². The number of nitrogens with one attached hydrogen (secondary N) is 1. The molecule has 1 aliphatic rings. The maximum atomic E-state index is 12.8. The minimum absolute atomic E-state index is 0.0466. The second-order valence-corrected chi connectivity index (χ2v) is 7.96. The van der Waals surface area contributed by atoms with Gasteiger partial charge in [0.15, 0.2) is 0 Å². The van der Waals surface area contributed by atoms with Gasteiger partial charge in [-0.3, -0.25) is 4.79 Å². The van der Waals surface area contributed by atoms with Gasteiger partial charge in [-0.15, -0.1) is 0 Å². The average molecular weight is 314 g/mol. The Morgan fingerprint density at radius 1 is 1.27 bits per heavy atom. The van der Waals surface area contributed by atoms with E-state index in [2.05, 4.69) is 5.32 Å².